The summed E-state index contributed by atoms with van der Waals surface area (Å²) in [6, 6.07) is 0.913. The van der Waals surface area contributed by atoms with Gasteiger partial charge < -0.3 is 16.2 Å². The van der Waals surface area contributed by atoms with E-state index in [1.807, 2.05) is 0 Å². The molecule has 0 aromatic rings. The van der Waals surface area contributed by atoms with E-state index in [0.717, 1.165) is 38.1 Å². The van der Waals surface area contributed by atoms with Crippen LogP contribution in [0.2, 0.25) is 0 Å². The van der Waals surface area contributed by atoms with Gasteiger partial charge in [-0.25, -0.2) is 0 Å². The van der Waals surface area contributed by atoms with Crippen molar-refractivity contribution >= 4 is 0 Å². The van der Waals surface area contributed by atoms with E-state index in [4.69, 9.17) is 5.73 Å². The van der Waals surface area contributed by atoms with Gasteiger partial charge in [0.05, 0.1) is 5.60 Å². The van der Waals surface area contributed by atoms with Crippen LogP contribution in [0.5, 0.6) is 0 Å². The summed E-state index contributed by atoms with van der Waals surface area (Å²) in [7, 11) is 0. The zero-order chi connectivity index (χ0) is 12.3. The SMILES string of the molecule is CCC1CCC(O)(CNC2CCC(N)C2)CC1. The van der Waals surface area contributed by atoms with Crippen LogP contribution < -0.4 is 11.1 Å². The van der Waals surface area contributed by atoms with Crippen molar-refractivity contribution in [1.29, 1.82) is 0 Å². The molecule has 0 aromatic carbocycles. The van der Waals surface area contributed by atoms with Crippen molar-refractivity contribution in [1.82, 2.24) is 5.32 Å². The summed E-state index contributed by atoms with van der Waals surface area (Å²) >= 11 is 0. The molecule has 2 aliphatic rings. The van der Waals surface area contributed by atoms with Gasteiger partial charge in [0.25, 0.3) is 0 Å². The molecule has 100 valence electrons. The first-order valence-corrected chi connectivity index (χ1v) is 7.32. The Kier molecular flexibility index (Phi) is 4.45. The lowest BCUT2D eigenvalue weighted by Crippen LogP contribution is -2.46. The average Bonchev–Trinajstić information content (AvgIpc) is 2.74. The largest absolute Gasteiger partial charge is 0.389 e. The predicted octanol–water partition coefficient (Wildman–Crippen LogP) is 1.79. The third kappa shape index (κ3) is 3.67. The average molecular weight is 240 g/mol. The Balaban J connectivity index is 1.71. The van der Waals surface area contributed by atoms with Crippen LogP contribution >= 0.6 is 0 Å². The van der Waals surface area contributed by atoms with Gasteiger partial charge in [-0.2, -0.15) is 0 Å². The second-order valence-electron chi connectivity index (χ2n) is 6.23. The van der Waals surface area contributed by atoms with Gasteiger partial charge in [0.1, 0.15) is 0 Å². The smallest absolute Gasteiger partial charge is 0.0771 e. The lowest BCUT2D eigenvalue weighted by molar-refractivity contribution is -0.0105. The molecule has 2 aliphatic carbocycles. The van der Waals surface area contributed by atoms with Gasteiger partial charge in [-0.1, -0.05) is 13.3 Å². The molecule has 0 radical (unpaired) electrons. The number of nitrogens with two attached hydrogens (primary N) is 1. The zero-order valence-corrected chi connectivity index (χ0v) is 11.1. The Bertz CT molecular complexity index is 236. The van der Waals surface area contributed by atoms with Crippen LogP contribution in [-0.2, 0) is 0 Å². The Morgan fingerprint density at radius 3 is 2.47 bits per heavy atom. The highest BCUT2D eigenvalue weighted by Gasteiger charge is 2.33. The minimum atomic E-state index is -0.446. The van der Waals surface area contributed by atoms with Crippen LogP contribution in [0.15, 0.2) is 0 Å². The van der Waals surface area contributed by atoms with Crippen molar-refractivity contribution in [3.63, 3.8) is 0 Å². The standard InChI is InChI=1S/C14H28N2O/c1-2-11-5-7-14(17,8-6-11)10-16-13-4-3-12(15)9-13/h11-13,16-17H,2-10,15H2,1H3. The van der Waals surface area contributed by atoms with Crippen molar-refractivity contribution in [2.45, 2.75) is 76.0 Å². The predicted molar refractivity (Wildman–Crippen MR) is 70.8 cm³/mol. The summed E-state index contributed by atoms with van der Waals surface area (Å²) in [5, 5.41) is 14.0. The third-order valence-corrected chi connectivity index (χ3v) is 4.81. The summed E-state index contributed by atoms with van der Waals surface area (Å²) in [6.07, 6.45) is 8.98. The highest BCUT2D eigenvalue weighted by Crippen LogP contribution is 2.33. The first kappa shape index (κ1) is 13.3. The summed E-state index contributed by atoms with van der Waals surface area (Å²) in [4.78, 5) is 0. The van der Waals surface area contributed by atoms with Crippen LogP contribution in [-0.4, -0.2) is 29.3 Å². The van der Waals surface area contributed by atoms with Gasteiger partial charge in [0.15, 0.2) is 0 Å². The molecule has 3 nitrogen and oxygen atoms in total. The molecule has 2 rings (SSSR count). The maximum atomic E-state index is 10.5. The molecule has 2 fully saturated rings. The molecule has 17 heavy (non-hydrogen) atoms. The van der Waals surface area contributed by atoms with E-state index in [2.05, 4.69) is 12.2 Å². The molecular weight excluding hydrogens is 212 g/mol. The Morgan fingerprint density at radius 2 is 1.94 bits per heavy atom. The van der Waals surface area contributed by atoms with Gasteiger partial charge in [-0.05, 0) is 50.9 Å². The number of hydrogen-bond acceptors (Lipinski definition) is 3. The molecular formula is C14H28N2O. The lowest BCUT2D eigenvalue weighted by atomic mass is 9.78. The summed E-state index contributed by atoms with van der Waals surface area (Å²) < 4.78 is 0. The van der Waals surface area contributed by atoms with Crippen molar-refractivity contribution in [2.75, 3.05) is 6.54 Å². The molecule has 4 N–H and O–H groups in total. The van der Waals surface area contributed by atoms with E-state index in [9.17, 15) is 5.11 Å². The number of hydrogen-bond donors (Lipinski definition) is 3. The Labute approximate surface area is 105 Å². The summed E-state index contributed by atoms with van der Waals surface area (Å²) in [5.41, 5.74) is 5.45. The van der Waals surface area contributed by atoms with Gasteiger partial charge in [0, 0.05) is 18.6 Å². The van der Waals surface area contributed by atoms with E-state index < -0.39 is 5.60 Å². The Hall–Kier alpha value is -0.120. The van der Waals surface area contributed by atoms with Crippen molar-refractivity contribution in [3.8, 4) is 0 Å². The van der Waals surface area contributed by atoms with Crippen LogP contribution in [0.1, 0.15) is 58.3 Å². The summed E-state index contributed by atoms with van der Waals surface area (Å²) in [6.45, 7) is 3.02. The summed E-state index contributed by atoms with van der Waals surface area (Å²) in [5.74, 6) is 0.843. The fourth-order valence-corrected chi connectivity index (χ4v) is 3.34. The molecule has 0 spiro atoms. The minimum Gasteiger partial charge on any atom is -0.389 e. The molecule has 0 heterocycles. The number of aliphatic hydroxyl groups is 1. The topological polar surface area (TPSA) is 58.3 Å². The van der Waals surface area contributed by atoms with Crippen LogP contribution in [0.4, 0.5) is 0 Å². The van der Waals surface area contributed by atoms with Crippen LogP contribution in [0.3, 0.4) is 0 Å². The highest BCUT2D eigenvalue weighted by atomic mass is 16.3. The van der Waals surface area contributed by atoms with E-state index >= 15 is 0 Å². The maximum Gasteiger partial charge on any atom is 0.0771 e. The molecule has 0 bridgehead atoms. The van der Waals surface area contributed by atoms with Crippen molar-refractivity contribution in [2.24, 2.45) is 11.7 Å². The van der Waals surface area contributed by atoms with Gasteiger partial charge >= 0.3 is 0 Å². The van der Waals surface area contributed by atoms with E-state index in [1.165, 1.54) is 25.7 Å². The molecule has 3 heteroatoms. The van der Waals surface area contributed by atoms with Gasteiger partial charge in [-0.15, -0.1) is 0 Å². The number of nitrogens with one attached hydrogen (secondary N) is 1. The molecule has 0 aliphatic heterocycles. The molecule has 2 unspecified atom stereocenters. The Morgan fingerprint density at radius 1 is 1.24 bits per heavy atom. The highest BCUT2D eigenvalue weighted by molar-refractivity contribution is 4.90. The van der Waals surface area contributed by atoms with E-state index in [1.54, 1.807) is 0 Å². The van der Waals surface area contributed by atoms with Gasteiger partial charge in [0.2, 0.25) is 0 Å². The fraction of sp³-hybridized carbons (Fsp3) is 1.00. The number of rotatable bonds is 4. The van der Waals surface area contributed by atoms with Crippen LogP contribution in [0.25, 0.3) is 0 Å². The van der Waals surface area contributed by atoms with Crippen molar-refractivity contribution in [3.05, 3.63) is 0 Å². The maximum absolute atomic E-state index is 10.5. The fourth-order valence-electron chi connectivity index (χ4n) is 3.34. The van der Waals surface area contributed by atoms with Gasteiger partial charge in [-0.3, -0.25) is 0 Å². The second kappa shape index (κ2) is 5.68. The normalized spacial score (nSPS) is 42.9. The molecule has 2 saturated carbocycles. The molecule has 0 saturated heterocycles. The first-order valence-electron chi connectivity index (χ1n) is 7.32. The zero-order valence-electron chi connectivity index (χ0n) is 11.1. The molecule has 0 amide bonds. The van der Waals surface area contributed by atoms with E-state index in [0.29, 0.717) is 12.1 Å². The third-order valence-electron chi connectivity index (χ3n) is 4.81. The first-order chi connectivity index (χ1) is 8.11. The minimum absolute atomic E-state index is 0.373. The van der Waals surface area contributed by atoms with Crippen molar-refractivity contribution < 1.29 is 5.11 Å². The van der Waals surface area contributed by atoms with E-state index in [-0.39, 0.29) is 0 Å². The quantitative estimate of drug-likeness (QED) is 0.702. The van der Waals surface area contributed by atoms with Crippen LogP contribution in [0, 0.1) is 5.92 Å². The molecule has 2 atom stereocenters. The second-order valence-corrected chi connectivity index (χ2v) is 6.23. The monoisotopic (exact) mass is 240 g/mol. The molecule has 0 aromatic heterocycles. The lowest BCUT2D eigenvalue weighted by Gasteiger charge is -2.36.